The molecule has 116 valence electrons. The molecule has 4 nitrogen and oxygen atoms in total. The van der Waals surface area contributed by atoms with Gasteiger partial charge in [0.1, 0.15) is 5.75 Å². The molecule has 2 N–H and O–H groups in total. The quantitative estimate of drug-likeness (QED) is 0.892. The van der Waals surface area contributed by atoms with Crippen molar-refractivity contribution in [3.8, 4) is 5.75 Å². The van der Waals surface area contributed by atoms with Gasteiger partial charge in [0.15, 0.2) is 6.10 Å². The minimum Gasteiger partial charge on any atom is -0.496 e. The summed E-state index contributed by atoms with van der Waals surface area (Å²) in [5.41, 5.74) is 0.751. The van der Waals surface area contributed by atoms with Crippen molar-refractivity contribution in [3.05, 3.63) is 65.7 Å². The molecular weight excluding hydrogens is 278 g/mol. The summed E-state index contributed by atoms with van der Waals surface area (Å²) < 4.78 is 5.34. The van der Waals surface area contributed by atoms with Gasteiger partial charge in [-0.1, -0.05) is 48.5 Å². The molecule has 2 aromatic rings. The second kappa shape index (κ2) is 6.62. The van der Waals surface area contributed by atoms with Crippen LogP contribution < -0.4 is 10.1 Å². The highest BCUT2D eigenvalue weighted by molar-refractivity contribution is 5.82. The number of aliphatic hydroxyl groups excluding tert-OH is 1. The van der Waals surface area contributed by atoms with Crippen LogP contribution >= 0.6 is 0 Å². The number of benzene rings is 2. The highest BCUT2D eigenvalue weighted by Gasteiger charge is 2.29. The average Bonchev–Trinajstić information content (AvgIpc) is 2.54. The second-order valence-electron chi connectivity index (χ2n) is 5.63. The highest BCUT2D eigenvalue weighted by Crippen LogP contribution is 2.30. The Labute approximate surface area is 130 Å². The van der Waals surface area contributed by atoms with Gasteiger partial charge in [-0.25, -0.2) is 0 Å². The lowest BCUT2D eigenvalue weighted by atomic mass is 9.92. The number of hydrogen-bond donors (Lipinski definition) is 2. The molecule has 0 heterocycles. The smallest absolute Gasteiger partial charge is 0.254 e. The SMILES string of the molecule is COc1ccccc1C(C)(C)NC(=O)C(O)c1ccccc1. The Balaban J connectivity index is 2.19. The monoisotopic (exact) mass is 299 g/mol. The van der Waals surface area contributed by atoms with Crippen molar-refractivity contribution in [2.45, 2.75) is 25.5 Å². The van der Waals surface area contributed by atoms with E-state index in [1.165, 1.54) is 0 Å². The van der Waals surface area contributed by atoms with Crippen LogP contribution in [0.5, 0.6) is 5.75 Å². The van der Waals surface area contributed by atoms with Crippen molar-refractivity contribution >= 4 is 5.91 Å². The van der Waals surface area contributed by atoms with Crippen molar-refractivity contribution < 1.29 is 14.6 Å². The molecule has 2 aromatic carbocycles. The number of amides is 1. The number of nitrogens with one attached hydrogen (secondary N) is 1. The van der Waals surface area contributed by atoms with Crippen LogP contribution in [0.25, 0.3) is 0 Å². The van der Waals surface area contributed by atoms with Gasteiger partial charge >= 0.3 is 0 Å². The van der Waals surface area contributed by atoms with Gasteiger partial charge in [0.2, 0.25) is 0 Å². The minimum absolute atomic E-state index is 0.442. The van der Waals surface area contributed by atoms with Gasteiger partial charge in [-0.05, 0) is 25.5 Å². The number of methoxy groups -OCH3 is 1. The maximum atomic E-state index is 12.3. The molecule has 0 saturated heterocycles. The first-order valence-corrected chi connectivity index (χ1v) is 7.14. The summed E-state index contributed by atoms with van der Waals surface area (Å²) >= 11 is 0. The van der Waals surface area contributed by atoms with E-state index < -0.39 is 17.6 Å². The topological polar surface area (TPSA) is 58.6 Å². The Morgan fingerprint density at radius 3 is 2.32 bits per heavy atom. The molecule has 0 aliphatic heterocycles. The Morgan fingerprint density at radius 1 is 1.09 bits per heavy atom. The molecule has 0 aliphatic carbocycles. The number of rotatable bonds is 5. The van der Waals surface area contributed by atoms with E-state index in [-0.39, 0.29) is 0 Å². The van der Waals surface area contributed by atoms with E-state index in [2.05, 4.69) is 5.32 Å². The molecule has 0 fully saturated rings. The summed E-state index contributed by atoms with van der Waals surface area (Å²) in [5.74, 6) is 0.254. The second-order valence-corrected chi connectivity index (χ2v) is 5.63. The summed E-state index contributed by atoms with van der Waals surface area (Å²) in [6.45, 7) is 3.75. The summed E-state index contributed by atoms with van der Waals surface area (Å²) in [5, 5.41) is 13.1. The number of carbonyl (C=O) groups excluding carboxylic acids is 1. The molecule has 0 aromatic heterocycles. The highest BCUT2D eigenvalue weighted by atomic mass is 16.5. The van der Waals surface area contributed by atoms with Crippen LogP contribution in [-0.2, 0) is 10.3 Å². The lowest BCUT2D eigenvalue weighted by Gasteiger charge is -2.29. The fourth-order valence-electron chi connectivity index (χ4n) is 2.39. The zero-order chi connectivity index (χ0) is 16.2. The normalized spacial score (nSPS) is 12.5. The molecule has 0 bridgehead atoms. The van der Waals surface area contributed by atoms with Crippen molar-refractivity contribution in [2.24, 2.45) is 0 Å². The lowest BCUT2D eigenvalue weighted by molar-refractivity contribution is -0.131. The molecule has 1 amide bonds. The number of carbonyl (C=O) groups is 1. The van der Waals surface area contributed by atoms with E-state index in [9.17, 15) is 9.90 Å². The predicted molar refractivity (Wildman–Crippen MR) is 85.6 cm³/mol. The summed E-state index contributed by atoms with van der Waals surface area (Å²) in [4.78, 5) is 12.3. The van der Waals surface area contributed by atoms with Crippen LogP contribution in [0.4, 0.5) is 0 Å². The van der Waals surface area contributed by atoms with Crippen molar-refractivity contribution in [2.75, 3.05) is 7.11 Å². The lowest BCUT2D eigenvalue weighted by Crippen LogP contribution is -2.43. The zero-order valence-electron chi connectivity index (χ0n) is 13.0. The van der Waals surface area contributed by atoms with Gasteiger partial charge in [-0.3, -0.25) is 4.79 Å². The largest absolute Gasteiger partial charge is 0.496 e. The van der Waals surface area contributed by atoms with Gasteiger partial charge in [0, 0.05) is 5.56 Å². The van der Waals surface area contributed by atoms with Crippen LogP contribution in [0.15, 0.2) is 54.6 Å². The first-order valence-electron chi connectivity index (χ1n) is 7.14. The molecule has 4 heteroatoms. The van der Waals surface area contributed by atoms with E-state index in [4.69, 9.17) is 4.74 Å². The fourth-order valence-corrected chi connectivity index (χ4v) is 2.39. The third kappa shape index (κ3) is 3.46. The maximum absolute atomic E-state index is 12.3. The van der Waals surface area contributed by atoms with E-state index in [1.807, 2.05) is 44.2 Å². The molecular formula is C18H21NO3. The van der Waals surface area contributed by atoms with E-state index in [0.717, 1.165) is 5.56 Å². The molecule has 2 rings (SSSR count). The average molecular weight is 299 g/mol. The number of para-hydroxylation sites is 1. The van der Waals surface area contributed by atoms with Gasteiger partial charge in [0.25, 0.3) is 5.91 Å². The van der Waals surface area contributed by atoms with Crippen LogP contribution in [0.2, 0.25) is 0 Å². The van der Waals surface area contributed by atoms with E-state index in [1.54, 1.807) is 31.4 Å². The standard InChI is InChI=1S/C18H21NO3/c1-18(2,14-11-7-8-12-15(14)22-3)19-17(21)16(20)13-9-5-4-6-10-13/h4-12,16,20H,1-3H3,(H,19,21). The summed E-state index contributed by atoms with van der Waals surface area (Å²) in [7, 11) is 1.59. The number of hydrogen-bond acceptors (Lipinski definition) is 3. The molecule has 22 heavy (non-hydrogen) atoms. The first-order chi connectivity index (χ1) is 10.5. The molecule has 0 saturated carbocycles. The summed E-state index contributed by atoms with van der Waals surface area (Å²) in [6.07, 6.45) is -1.20. The van der Waals surface area contributed by atoms with Crippen molar-refractivity contribution in [1.29, 1.82) is 0 Å². The maximum Gasteiger partial charge on any atom is 0.254 e. The Kier molecular flexibility index (Phi) is 4.83. The molecule has 0 radical (unpaired) electrons. The molecule has 1 unspecified atom stereocenters. The number of aliphatic hydroxyl groups is 1. The zero-order valence-corrected chi connectivity index (χ0v) is 13.0. The third-order valence-corrected chi connectivity index (χ3v) is 3.58. The van der Waals surface area contributed by atoms with Crippen LogP contribution in [0, 0.1) is 0 Å². The molecule has 0 spiro atoms. The van der Waals surface area contributed by atoms with Gasteiger partial charge in [-0.2, -0.15) is 0 Å². The molecule has 1 atom stereocenters. The Morgan fingerprint density at radius 2 is 1.68 bits per heavy atom. The Hall–Kier alpha value is -2.33. The van der Waals surface area contributed by atoms with Crippen LogP contribution in [0.3, 0.4) is 0 Å². The van der Waals surface area contributed by atoms with Gasteiger partial charge < -0.3 is 15.2 Å². The third-order valence-electron chi connectivity index (χ3n) is 3.58. The Bertz CT molecular complexity index is 638. The van der Waals surface area contributed by atoms with E-state index >= 15 is 0 Å². The van der Waals surface area contributed by atoms with Gasteiger partial charge in [-0.15, -0.1) is 0 Å². The van der Waals surface area contributed by atoms with Crippen LogP contribution in [-0.4, -0.2) is 18.1 Å². The van der Waals surface area contributed by atoms with Gasteiger partial charge in [0.05, 0.1) is 12.6 Å². The fraction of sp³-hybridized carbons (Fsp3) is 0.278. The predicted octanol–water partition coefficient (Wildman–Crippen LogP) is 2.78. The van der Waals surface area contributed by atoms with Crippen molar-refractivity contribution in [1.82, 2.24) is 5.32 Å². The van der Waals surface area contributed by atoms with Crippen molar-refractivity contribution in [3.63, 3.8) is 0 Å². The van der Waals surface area contributed by atoms with Crippen LogP contribution in [0.1, 0.15) is 31.1 Å². The molecule has 0 aliphatic rings. The summed E-state index contributed by atoms with van der Waals surface area (Å²) in [6, 6.07) is 16.4. The number of ether oxygens (including phenoxy) is 1. The minimum atomic E-state index is -1.20. The first kappa shape index (κ1) is 16.0. The van der Waals surface area contributed by atoms with E-state index in [0.29, 0.717) is 11.3 Å².